The fraction of sp³-hybridized carbons (Fsp3) is 0.286. The molecule has 8 atom stereocenters. The maximum atomic E-state index is 15.0. The van der Waals surface area contributed by atoms with E-state index in [0.717, 1.165) is 34.4 Å². The highest BCUT2D eigenvalue weighted by atomic mass is 31.2. The summed E-state index contributed by atoms with van der Waals surface area (Å²) >= 11 is 0. The predicted octanol–water partition coefficient (Wildman–Crippen LogP) is 13.2. The molecule has 21 nitrogen and oxygen atoms in total. The summed E-state index contributed by atoms with van der Waals surface area (Å²) in [6.45, 7) is -3.39. The normalized spacial score (nSPS) is 15.1. The van der Waals surface area contributed by atoms with Crippen molar-refractivity contribution in [3.05, 3.63) is 347 Å². The number of esters is 2. The van der Waals surface area contributed by atoms with Crippen molar-refractivity contribution in [1.82, 2.24) is 0 Å². The summed E-state index contributed by atoms with van der Waals surface area (Å²) < 4.78 is 87.7. The standard InChI is InChI=1S/C84H91O21P/c85-76(50-74(96-55-67-32-14-3-15-33-67)62-94-53-65-28-10-1-11-29-65)77(86)52-84(92,81(89)100-59-71-40-22-7-23-41-71)102-64-82(90,51-75(97-56-68-34-16-4-17-35-68)63-95-54-66-30-12-2-13-31-66)47-48-83(91,80(88)99-58-70-38-20-6-21-39-70)101-49-46-78(79(87)98-57-69-36-18-5-19-37-69)105-106(93,103-60-72-42-24-8-25-43-72)104-61-73-44-26-9-27-45-73/h1-45,47-48,52,74-76,78-79,85-87,90-92H,46,49-51,53-64H2/b48-47+,77-52+/t74-,75-,76?,78?,79+,82?,83?,84?/m0/s1. The van der Waals surface area contributed by atoms with E-state index in [1.165, 1.54) is 0 Å². The van der Waals surface area contributed by atoms with Gasteiger partial charge in [0.15, 0.2) is 6.29 Å². The Balaban J connectivity index is 1.06. The topological polar surface area (TPSA) is 283 Å². The molecule has 0 heterocycles. The Bertz CT molecular complexity index is 4020. The Morgan fingerprint density at radius 1 is 0.406 bits per heavy atom. The molecule has 0 aromatic heterocycles. The Morgan fingerprint density at radius 2 is 0.745 bits per heavy atom. The van der Waals surface area contributed by atoms with Crippen molar-refractivity contribution in [2.24, 2.45) is 0 Å². The number of hydrogen-bond donors (Lipinski definition) is 6. The van der Waals surface area contributed by atoms with Crippen LogP contribution in [-0.2, 0) is 130 Å². The number of aliphatic hydroxyl groups is 6. The lowest BCUT2D eigenvalue weighted by atomic mass is 9.95. The first-order valence-electron chi connectivity index (χ1n) is 34.7. The summed E-state index contributed by atoms with van der Waals surface area (Å²) in [5.41, 5.74) is 3.43. The SMILES string of the molecule is O=C(OCc1ccccc1)C(O)(/C=C/C(O)(COC(O)(/C=C(/O)C(O)C[C@@H](COCc1ccccc1)OCc1ccccc1)C(=O)OCc1ccccc1)C[C@@H](COCc1ccccc1)OCc1ccccc1)OCCC(OP(=O)(OCc1ccccc1)OCc1ccccc1)[C@H](O)OCc1ccccc1. The molecule has 9 aromatic rings. The molecule has 22 heteroatoms. The monoisotopic (exact) mass is 1470 g/mol. The molecule has 0 saturated heterocycles. The van der Waals surface area contributed by atoms with Crippen LogP contribution in [0.4, 0.5) is 0 Å². The van der Waals surface area contributed by atoms with Crippen LogP contribution in [0.25, 0.3) is 0 Å². The summed E-state index contributed by atoms with van der Waals surface area (Å²) in [5, 5.41) is 74.6. The van der Waals surface area contributed by atoms with Gasteiger partial charge >= 0.3 is 19.8 Å². The average molecular weight is 1470 g/mol. The third kappa shape index (κ3) is 28.3. The van der Waals surface area contributed by atoms with Crippen molar-refractivity contribution in [3.8, 4) is 0 Å². The Labute approximate surface area is 617 Å². The molecule has 9 rings (SSSR count). The molecule has 0 amide bonds. The fourth-order valence-corrected chi connectivity index (χ4v) is 11.9. The zero-order valence-corrected chi connectivity index (χ0v) is 59.6. The molecule has 9 aromatic carbocycles. The van der Waals surface area contributed by atoms with Gasteiger partial charge in [-0.2, -0.15) is 0 Å². The lowest BCUT2D eigenvalue weighted by molar-refractivity contribution is -0.225. The molecule has 0 radical (unpaired) electrons. The highest BCUT2D eigenvalue weighted by Gasteiger charge is 2.45. The molecule has 0 aliphatic rings. The van der Waals surface area contributed by atoms with Gasteiger partial charge in [0.05, 0.1) is 84.9 Å². The van der Waals surface area contributed by atoms with Crippen LogP contribution in [-0.4, -0.2) is 117 Å². The third-order valence-electron chi connectivity index (χ3n) is 16.4. The summed E-state index contributed by atoms with van der Waals surface area (Å²) in [7, 11) is -4.73. The first kappa shape index (κ1) is 80.9. The molecule has 0 fully saturated rings. The zero-order valence-electron chi connectivity index (χ0n) is 58.7. The van der Waals surface area contributed by atoms with Crippen molar-refractivity contribution in [3.63, 3.8) is 0 Å². The lowest BCUT2D eigenvalue weighted by Gasteiger charge is -2.33. The van der Waals surface area contributed by atoms with Crippen LogP contribution < -0.4 is 0 Å². The van der Waals surface area contributed by atoms with E-state index in [0.29, 0.717) is 33.9 Å². The smallest absolute Gasteiger partial charge is 0.475 e. The van der Waals surface area contributed by atoms with Gasteiger partial charge in [-0.05, 0) is 62.2 Å². The number of rotatable bonds is 47. The van der Waals surface area contributed by atoms with E-state index in [4.69, 9.17) is 56.2 Å². The van der Waals surface area contributed by atoms with Crippen LogP contribution in [0.3, 0.4) is 0 Å². The maximum absolute atomic E-state index is 15.0. The van der Waals surface area contributed by atoms with E-state index in [2.05, 4.69) is 0 Å². The number of carbonyl (C=O) groups is 2. The maximum Gasteiger partial charge on any atom is 0.475 e. The van der Waals surface area contributed by atoms with Gasteiger partial charge in [0.25, 0.3) is 11.6 Å². The second-order valence-corrected chi connectivity index (χ2v) is 26.7. The largest absolute Gasteiger partial charge is 0.510 e. The second kappa shape index (κ2) is 42.8. The number of aliphatic hydroxyl groups excluding tert-OH is 3. The van der Waals surface area contributed by atoms with Gasteiger partial charge in [-0.3, -0.25) is 13.6 Å². The zero-order chi connectivity index (χ0) is 74.6. The quantitative estimate of drug-likeness (QED) is 0.00679. The number of carbonyl (C=O) groups excluding carboxylic acids is 2. The van der Waals surface area contributed by atoms with Crippen molar-refractivity contribution in [2.75, 3.05) is 26.4 Å². The third-order valence-corrected chi connectivity index (χ3v) is 17.9. The molecule has 0 spiro atoms. The fourth-order valence-electron chi connectivity index (χ4n) is 10.6. The van der Waals surface area contributed by atoms with Gasteiger partial charge < -0.3 is 73.3 Å². The van der Waals surface area contributed by atoms with Crippen molar-refractivity contribution < 1.29 is 101 Å². The number of ether oxygens (including phenoxy) is 9. The van der Waals surface area contributed by atoms with Gasteiger partial charge in [0.1, 0.15) is 36.8 Å². The van der Waals surface area contributed by atoms with Crippen molar-refractivity contribution >= 4 is 19.8 Å². The van der Waals surface area contributed by atoms with Gasteiger partial charge in [-0.25, -0.2) is 14.2 Å². The Hall–Kier alpha value is -9.17. The molecule has 0 saturated carbocycles. The summed E-state index contributed by atoms with van der Waals surface area (Å²) in [6, 6.07) is 80.3. The van der Waals surface area contributed by atoms with E-state index in [9.17, 15) is 40.2 Å². The van der Waals surface area contributed by atoms with Gasteiger partial charge in [-0.1, -0.05) is 273 Å². The van der Waals surface area contributed by atoms with Crippen LogP contribution in [0, 0.1) is 0 Å². The summed E-state index contributed by atoms with van der Waals surface area (Å²) in [4.78, 5) is 29.4. The summed E-state index contributed by atoms with van der Waals surface area (Å²) in [6.07, 6.45) is -6.67. The van der Waals surface area contributed by atoms with Crippen LogP contribution in [0.15, 0.2) is 297 Å². The highest BCUT2D eigenvalue weighted by molar-refractivity contribution is 7.48. The van der Waals surface area contributed by atoms with E-state index >= 15 is 4.57 Å². The van der Waals surface area contributed by atoms with Gasteiger partial charge in [0.2, 0.25) is 0 Å². The van der Waals surface area contributed by atoms with Crippen LogP contribution in [0.2, 0.25) is 0 Å². The molecule has 5 unspecified atom stereocenters. The molecular formula is C84H91O21P. The molecule has 0 aliphatic heterocycles. The second-order valence-electron chi connectivity index (χ2n) is 25.0. The summed E-state index contributed by atoms with van der Waals surface area (Å²) in [5.74, 6) is -10.5. The first-order chi connectivity index (χ1) is 51.5. The lowest BCUT2D eigenvalue weighted by Crippen LogP contribution is -2.48. The number of hydrogen-bond acceptors (Lipinski definition) is 21. The minimum absolute atomic E-state index is 0.0387. The minimum Gasteiger partial charge on any atom is -0.510 e. The van der Waals surface area contributed by atoms with E-state index in [-0.39, 0.29) is 65.9 Å². The Morgan fingerprint density at radius 3 is 1.15 bits per heavy atom. The van der Waals surface area contributed by atoms with E-state index in [1.54, 1.807) is 152 Å². The van der Waals surface area contributed by atoms with E-state index in [1.807, 2.05) is 121 Å². The molecule has 0 bridgehead atoms. The molecule has 6 N–H and O–H groups in total. The van der Waals surface area contributed by atoms with Crippen LogP contribution >= 0.6 is 7.82 Å². The molecule has 558 valence electrons. The highest BCUT2D eigenvalue weighted by Crippen LogP contribution is 2.53. The minimum atomic E-state index is -4.73. The molecule has 0 aliphatic carbocycles. The average Bonchev–Trinajstić information content (AvgIpc) is 0.805. The molecule has 106 heavy (non-hydrogen) atoms. The van der Waals surface area contributed by atoms with Gasteiger partial charge in [0, 0.05) is 25.3 Å². The van der Waals surface area contributed by atoms with Crippen molar-refractivity contribution in [2.45, 2.75) is 127 Å². The predicted molar refractivity (Wildman–Crippen MR) is 393 cm³/mol. The van der Waals surface area contributed by atoms with Crippen LogP contribution in [0.5, 0.6) is 0 Å². The number of phosphoric acid groups is 1. The molecular weight excluding hydrogens is 1380 g/mol. The van der Waals surface area contributed by atoms with Gasteiger partial charge in [-0.15, -0.1) is 0 Å². The first-order valence-corrected chi connectivity index (χ1v) is 36.2. The van der Waals surface area contributed by atoms with Crippen LogP contribution in [0.1, 0.15) is 69.3 Å². The van der Waals surface area contributed by atoms with E-state index < -0.39 is 113 Å². The Kier molecular flexibility index (Phi) is 32.7. The number of benzene rings is 9. The van der Waals surface area contributed by atoms with Crippen molar-refractivity contribution in [1.29, 1.82) is 0 Å². The number of phosphoric ester groups is 1.